The molecule has 5 nitrogen and oxygen atoms in total. The van der Waals surface area contributed by atoms with Crippen molar-refractivity contribution >= 4 is 18.0 Å². The molecule has 1 atom stereocenters. The van der Waals surface area contributed by atoms with Crippen LogP contribution in [0, 0.1) is 19.7 Å². The minimum atomic E-state index is -0.364. The molecule has 1 unspecified atom stereocenters. The zero-order chi connectivity index (χ0) is 18.8. The Morgan fingerprint density at radius 1 is 1.23 bits per heavy atom. The van der Waals surface area contributed by atoms with E-state index < -0.39 is 0 Å². The number of amides is 1. The van der Waals surface area contributed by atoms with E-state index in [1.165, 1.54) is 12.3 Å². The van der Waals surface area contributed by atoms with Gasteiger partial charge >= 0.3 is 0 Å². The molecule has 0 bridgehead atoms. The second-order valence-electron chi connectivity index (χ2n) is 6.77. The lowest BCUT2D eigenvalue weighted by Crippen LogP contribution is -2.54. The molecule has 1 fully saturated rings. The van der Waals surface area contributed by atoms with Gasteiger partial charge in [0.15, 0.2) is 0 Å². The number of hydrogen-bond acceptors (Lipinski definition) is 4. The summed E-state index contributed by atoms with van der Waals surface area (Å²) in [6.45, 7) is 7.52. The van der Waals surface area contributed by atoms with Gasteiger partial charge in [0.1, 0.15) is 17.9 Å². The van der Waals surface area contributed by atoms with Gasteiger partial charge in [0.25, 0.3) is 5.91 Å². The van der Waals surface area contributed by atoms with Gasteiger partial charge in [-0.3, -0.25) is 9.59 Å². The summed E-state index contributed by atoms with van der Waals surface area (Å²) in [5, 5.41) is 0. The van der Waals surface area contributed by atoms with E-state index in [2.05, 4.69) is 4.98 Å². The molecule has 136 valence electrons. The Labute approximate surface area is 152 Å². The lowest BCUT2D eigenvalue weighted by molar-refractivity contribution is 0.0673. The van der Waals surface area contributed by atoms with Crippen LogP contribution in [0.1, 0.15) is 38.8 Å². The Bertz CT molecular complexity index is 836. The van der Waals surface area contributed by atoms with Gasteiger partial charge in [-0.05, 0) is 50.1 Å². The number of halogens is 1. The summed E-state index contributed by atoms with van der Waals surface area (Å²) in [5.41, 5.74) is 2.85. The number of nitrogens with zero attached hydrogens (tertiary/aromatic N) is 3. The monoisotopic (exact) mass is 355 g/mol. The van der Waals surface area contributed by atoms with Crippen LogP contribution in [0.2, 0.25) is 0 Å². The predicted molar refractivity (Wildman–Crippen MR) is 98.2 cm³/mol. The minimum Gasteiger partial charge on any atom is -0.353 e. The lowest BCUT2D eigenvalue weighted by Gasteiger charge is -2.40. The maximum Gasteiger partial charge on any atom is 0.254 e. The highest BCUT2D eigenvalue weighted by atomic mass is 19.1. The molecule has 26 heavy (non-hydrogen) atoms. The number of aromatic nitrogens is 1. The molecule has 0 spiro atoms. The maximum atomic E-state index is 13.1. The Balaban J connectivity index is 1.78. The first-order valence-electron chi connectivity index (χ1n) is 8.64. The molecule has 1 aromatic carbocycles. The van der Waals surface area contributed by atoms with Crippen molar-refractivity contribution in [2.75, 3.05) is 24.5 Å². The Morgan fingerprint density at radius 3 is 2.62 bits per heavy atom. The summed E-state index contributed by atoms with van der Waals surface area (Å²) in [7, 11) is 0. The van der Waals surface area contributed by atoms with Crippen molar-refractivity contribution in [3.63, 3.8) is 0 Å². The molecule has 2 heterocycles. The number of pyridine rings is 1. The fraction of sp³-hybridized carbons (Fsp3) is 0.350. The third kappa shape index (κ3) is 3.45. The van der Waals surface area contributed by atoms with Crippen molar-refractivity contribution < 1.29 is 14.0 Å². The van der Waals surface area contributed by atoms with Crippen LogP contribution in [0.25, 0.3) is 0 Å². The maximum absolute atomic E-state index is 13.1. The summed E-state index contributed by atoms with van der Waals surface area (Å²) in [6.07, 6.45) is 1.99. The first-order valence-corrected chi connectivity index (χ1v) is 8.64. The van der Waals surface area contributed by atoms with Crippen LogP contribution in [0.15, 0.2) is 30.5 Å². The van der Waals surface area contributed by atoms with Crippen LogP contribution >= 0.6 is 0 Å². The molecule has 6 heteroatoms. The zero-order valence-electron chi connectivity index (χ0n) is 15.2. The van der Waals surface area contributed by atoms with E-state index in [4.69, 9.17) is 0 Å². The summed E-state index contributed by atoms with van der Waals surface area (Å²) < 4.78 is 13.1. The fourth-order valence-corrected chi connectivity index (χ4v) is 3.40. The quantitative estimate of drug-likeness (QED) is 0.795. The van der Waals surface area contributed by atoms with Crippen molar-refractivity contribution in [1.29, 1.82) is 0 Å². The van der Waals surface area contributed by atoms with Gasteiger partial charge in [-0.15, -0.1) is 0 Å². The minimum absolute atomic E-state index is 0.0245. The normalized spacial score (nSPS) is 17.3. The molecular formula is C20H22FN3O2. The SMILES string of the molecule is Cc1cc(C)c(C(=O)N2CCN(c3ccc(F)cn3)CC2C)cc1C=O. The number of benzene rings is 1. The summed E-state index contributed by atoms with van der Waals surface area (Å²) in [6, 6.07) is 6.57. The van der Waals surface area contributed by atoms with Crippen LogP contribution < -0.4 is 4.90 Å². The largest absolute Gasteiger partial charge is 0.353 e. The number of carbonyl (C=O) groups excluding carboxylic acids is 2. The van der Waals surface area contributed by atoms with Gasteiger partial charge in [-0.2, -0.15) is 0 Å². The molecule has 0 saturated carbocycles. The summed E-state index contributed by atoms with van der Waals surface area (Å²) in [4.78, 5) is 32.2. The molecule has 1 saturated heterocycles. The number of rotatable bonds is 3. The molecule has 1 amide bonds. The van der Waals surface area contributed by atoms with Crippen LogP contribution in [0.3, 0.4) is 0 Å². The van der Waals surface area contributed by atoms with E-state index in [1.54, 1.807) is 12.1 Å². The third-order valence-electron chi connectivity index (χ3n) is 4.89. The van der Waals surface area contributed by atoms with Crippen LogP contribution in [-0.2, 0) is 0 Å². The molecule has 0 aliphatic carbocycles. The first kappa shape index (κ1) is 18.0. The fourth-order valence-electron chi connectivity index (χ4n) is 3.40. The van der Waals surface area contributed by atoms with Gasteiger partial charge in [-0.25, -0.2) is 9.37 Å². The standard InChI is InChI=1S/C20H22FN3O2/c1-13-8-14(2)18(9-16(13)12-25)20(26)24-7-6-23(11-15(24)3)19-5-4-17(21)10-22-19/h4-5,8-10,12,15H,6-7,11H2,1-3H3. The summed E-state index contributed by atoms with van der Waals surface area (Å²) >= 11 is 0. The van der Waals surface area contributed by atoms with E-state index in [-0.39, 0.29) is 17.8 Å². The van der Waals surface area contributed by atoms with Crippen molar-refractivity contribution in [3.05, 3.63) is 58.5 Å². The van der Waals surface area contributed by atoms with Gasteiger partial charge in [0.2, 0.25) is 0 Å². The van der Waals surface area contributed by atoms with Gasteiger partial charge < -0.3 is 9.80 Å². The van der Waals surface area contributed by atoms with Crippen LogP contribution in [0.4, 0.5) is 10.2 Å². The van der Waals surface area contributed by atoms with Crippen molar-refractivity contribution in [2.45, 2.75) is 26.8 Å². The number of carbonyl (C=O) groups is 2. The summed E-state index contributed by atoms with van der Waals surface area (Å²) in [5.74, 6) is 0.279. The molecular weight excluding hydrogens is 333 g/mol. The highest BCUT2D eigenvalue weighted by Crippen LogP contribution is 2.22. The van der Waals surface area contributed by atoms with Crippen LogP contribution in [-0.4, -0.2) is 47.8 Å². The highest BCUT2D eigenvalue weighted by Gasteiger charge is 2.29. The molecule has 0 N–H and O–H groups in total. The molecule has 0 radical (unpaired) electrons. The van der Waals surface area contributed by atoms with Crippen molar-refractivity contribution in [2.24, 2.45) is 0 Å². The van der Waals surface area contributed by atoms with E-state index >= 15 is 0 Å². The van der Waals surface area contributed by atoms with E-state index in [1.807, 2.05) is 36.6 Å². The third-order valence-corrected chi connectivity index (χ3v) is 4.89. The van der Waals surface area contributed by atoms with Gasteiger partial charge in [0.05, 0.1) is 6.20 Å². The number of aldehydes is 1. The highest BCUT2D eigenvalue weighted by molar-refractivity contribution is 5.98. The molecule has 1 aromatic heterocycles. The lowest BCUT2D eigenvalue weighted by atomic mass is 9.99. The van der Waals surface area contributed by atoms with E-state index in [0.29, 0.717) is 36.6 Å². The average molecular weight is 355 g/mol. The Morgan fingerprint density at radius 2 is 2.00 bits per heavy atom. The number of aryl methyl sites for hydroxylation is 2. The molecule has 1 aliphatic rings. The molecule has 1 aliphatic heterocycles. The second kappa shape index (κ2) is 7.23. The number of hydrogen-bond donors (Lipinski definition) is 0. The Kier molecular flexibility index (Phi) is 5.02. The zero-order valence-corrected chi connectivity index (χ0v) is 15.2. The smallest absolute Gasteiger partial charge is 0.254 e. The van der Waals surface area contributed by atoms with E-state index in [0.717, 1.165) is 17.4 Å². The topological polar surface area (TPSA) is 53.5 Å². The molecule has 3 rings (SSSR count). The van der Waals surface area contributed by atoms with Gasteiger partial charge in [0, 0.05) is 36.8 Å². The number of anilines is 1. The van der Waals surface area contributed by atoms with Gasteiger partial charge in [-0.1, -0.05) is 6.07 Å². The van der Waals surface area contributed by atoms with Crippen molar-refractivity contribution in [3.8, 4) is 0 Å². The first-order chi connectivity index (χ1) is 12.4. The van der Waals surface area contributed by atoms with Crippen molar-refractivity contribution in [1.82, 2.24) is 9.88 Å². The number of piperazine rings is 1. The average Bonchev–Trinajstić information content (AvgIpc) is 2.62. The Hall–Kier alpha value is -2.76. The van der Waals surface area contributed by atoms with E-state index in [9.17, 15) is 14.0 Å². The predicted octanol–water partition coefficient (Wildman–Crippen LogP) is 3.00. The van der Waals surface area contributed by atoms with Crippen LogP contribution in [0.5, 0.6) is 0 Å². The second-order valence-corrected chi connectivity index (χ2v) is 6.77. The molecule has 2 aromatic rings.